The van der Waals surface area contributed by atoms with E-state index in [9.17, 15) is 0 Å². The highest BCUT2D eigenvalue weighted by atomic mass is 14.4. The quantitative estimate of drug-likeness (QED) is 0.487. The normalized spacial score (nSPS) is 13.1. The molecule has 2 aromatic rings. The molecule has 0 bridgehead atoms. The van der Waals surface area contributed by atoms with Gasteiger partial charge < -0.3 is 0 Å². The maximum Gasteiger partial charge on any atom is 0.0152 e. The van der Waals surface area contributed by atoms with Gasteiger partial charge in [0.25, 0.3) is 0 Å². The lowest BCUT2D eigenvalue weighted by Gasteiger charge is -2.38. The van der Waals surface area contributed by atoms with Gasteiger partial charge in [-0.25, -0.2) is 0 Å². The Morgan fingerprint density at radius 3 is 1.19 bits per heavy atom. The summed E-state index contributed by atoms with van der Waals surface area (Å²) in [5.74, 6) is 0. The van der Waals surface area contributed by atoms with Crippen molar-refractivity contribution >= 4 is 0 Å². The minimum absolute atomic E-state index is 0.0368. The molecule has 0 heteroatoms. The van der Waals surface area contributed by atoms with Crippen LogP contribution in [0.2, 0.25) is 0 Å². The average molecular weight is 365 g/mol. The summed E-state index contributed by atoms with van der Waals surface area (Å²) < 4.78 is 0. The largest absolute Gasteiger partial charge is 0.0646 e. The van der Waals surface area contributed by atoms with Gasteiger partial charge >= 0.3 is 0 Å². The second-order valence-electron chi connectivity index (χ2n) is 10.2. The van der Waals surface area contributed by atoms with Crippen LogP contribution in [0.3, 0.4) is 0 Å². The molecule has 0 N–H and O–H groups in total. The first-order valence-electron chi connectivity index (χ1n) is 10.6. The molecule has 0 aliphatic heterocycles. The first kappa shape index (κ1) is 21.7. The number of benzene rings is 2. The fourth-order valence-corrected chi connectivity index (χ4v) is 4.05. The SMILES string of the molecule is CCC(C)(C)c1cc(C)ccc1C(C)(C)c1ccc(C)cc1C(C)(C)CC. The molecule has 0 spiro atoms. The van der Waals surface area contributed by atoms with Crippen molar-refractivity contribution in [3.05, 3.63) is 69.8 Å². The van der Waals surface area contributed by atoms with Gasteiger partial charge in [0.05, 0.1) is 0 Å². The highest BCUT2D eigenvalue weighted by Crippen LogP contribution is 2.44. The van der Waals surface area contributed by atoms with Crippen molar-refractivity contribution in [3.8, 4) is 0 Å². The molecule has 0 unspecified atom stereocenters. The molecule has 27 heavy (non-hydrogen) atoms. The Kier molecular flexibility index (Phi) is 6.00. The van der Waals surface area contributed by atoms with Crippen LogP contribution in [0.5, 0.6) is 0 Å². The number of aryl methyl sites for hydroxylation is 2. The summed E-state index contributed by atoms with van der Waals surface area (Å²) in [5.41, 5.74) is 8.94. The minimum Gasteiger partial charge on any atom is -0.0646 e. The first-order chi connectivity index (χ1) is 12.4. The standard InChI is InChI=1S/C27H40/c1-11-25(5,6)23-17-19(3)13-15-21(23)27(9,10)22-16-14-20(4)18-24(22)26(7,8)12-2/h13-18H,11-12H2,1-10H3. The number of rotatable bonds is 6. The minimum atomic E-state index is -0.0368. The monoisotopic (exact) mass is 364 g/mol. The van der Waals surface area contributed by atoms with Crippen molar-refractivity contribution < 1.29 is 0 Å². The molecular formula is C27H40. The highest BCUT2D eigenvalue weighted by molar-refractivity contribution is 5.51. The van der Waals surface area contributed by atoms with Crippen LogP contribution in [-0.4, -0.2) is 0 Å². The molecule has 0 saturated heterocycles. The summed E-state index contributed by atoms with van der Waals surface area (Å²) in [6, 6.07) is 14.2. The maximum atomic E-state index is 2.42. The Labute approximate surface area is 168 Å². The molecule has 0 aliphatic rings. The summed E-state index contributed by atoms with van der Waals surface area (Å²) >= 11 is 0. The maximum absolute atomic E-state index is 2.42. The highest BCUT2D eigenvalue weighted by Gasteiger charge is 2.35. The van der Waals surface area contributed by atoms with E-state index in [0.29, 0.717) is 0 Å². The van der Waals surface area contributed by atoms with Crippen molar-refractivity contribution in [2.45, 2.75) is 98.3 Å². The molecular weight excluding hydrogens is 324 g/mol. The van der Waals surface area contributed by atoms with E-state index in [4.69, 9.17) is 0 Å². The third-order valence-corrected chi connectivity index (χ3v) is 6.92. The van der Waals surface area contributed by atoms with Crippen LogP contribution in [0, 0.1) is 13.8 Å². The van der Waals surface area contributed by atoms with Crippen LogP contribution in [-0.2, 0) is 16.2 Å². The molecule has 0 amide bonds. The zero-order valence-electron chi connectivity index (χ0n) is 19.4. The second kappa shape index (κ2) is 7.46. The lowest BCUT2D eigenvalue weighted by molar-refractivity contribution is 0.471. The van der Waals surface area contributed by atoms with E-state index in [1.807, 2.05) is 0 Å². The topological polar surface area (TPSA) is 0 Å². The lowest BCUT2D eigenvalue weighted by atomic mass is 9.66. The molecule has 0 nitrogen and oxygen atoms in total. The van der Waals surface area contributed by atoms with Gasteiger partial charge in [-0.15, -0.1) is 0 Å². The van der Waals surface area contributed by atoms with E-state index in [-0.39, 0.29) is 16.2 Å². The smallest absolute Gasteiger partial charge is 0.0152 e. The second-order valence-corrected chi connectivity index (χ2v) is 10.2. The van der Waals surface area contributed by atoms with Crippen molar-refractivity contribution in [2.24, 2.45) is 0 Å². The predicted molar refractivity (Wildman–Crippen MR) is 121 cm³/mol. The van der Waals surface area contributed by atoms with Crippen LogP contribution in [0.4, 0.5) is 0 Å². The van der Waals surface area contributed by atoms with Crippen LogP contribution in [0.1, 0.15) is 102 Å². The van der Waals surface area contributed by atoms with Gasteiger partial charge in [0.2, 0.25) is 0 Å². The molecule has 0 saturated carbocycles. The summed E-state index contributed by atoms with van der Waals surface area (Å²) in [4.78, 5) is 0. The molecule has 2 aromatic carbocycles. The zero-order valence-corrected chi connectivity index (χ0v) is 19.4. The van der Waals surface area contributed by atoms with Gasteiger partial charge in [-0.1, -0.05) is 103 Å². The Balaban J connectivity index is 2.79. The van der Waals surface area contributed by atoms with E-state index >= 15 is 0 Å². The summed E-state index contributed by atoms with van der Waals surface area (Å²) in [7, 11) is 0. The molecule has 0 aliphatic carbocycles. The Morgan fingerprint density at radius 2 is 0.889 bits per heavy atom. The Hall–Kier alpha value is -1.56. The zero-order chi connectivity index (χ0) is 20.6. The summed E-state index contributed by atoms with van der Waals surface area (Å²) in [6.45, 7) is 23.4. The van der Waals surface area contributed by atoms with Gasteiger partial charge in [-0.3, -0.25) is 0 Å². The Morgan fingerprint density at radius 1 is 0.556 bits per heavy atom. The van der Waals surface area contributed by atoms with Crippen LogP contribution in [0.25, 0.3) is 0 Å². The van der Waals surface area contributed by atoms with Crippen LogP contribution in [0.15, 0.2) is 36.4 Å². The first-order valence-corrected chi connectivity index (χ1v) is 10.6. The van der Waals surface area contributed by atoms with E-state index in [2.05, 4.69) is 106 Å². The van der Waals surface area contributed by atoms with Gasteiger partial charge in [-0.05, 0) is 59.8 Å². The fourth-order valence-electron chi connectivity index (χ4n) is 4.05. The fraction of sp³-hybridized carbons (Fsp3) is 0.556. The van der Waals surface area contributed by atoms with Gasteiger partial charge in [0.15, 0.2) is 0 Å². The molecule has 0 radical (unpaired) electrons. The molecule has 2 rings (SSSR count). The summed E-state index contributed by atoms with van der Waals surface area (Å²) in [5, 5.41) is 0. The average Bonchev–Trinajstić information content (AvgIpc) is 2.61. The van der Waals surface area contributed by atoms with Crippen LogP contribution < -0.4 is 0 Å². The molecule has 0 atom stereocenters. The van der Waals surface area contributed by atoms with Gasteiger partial charge in [0.1, 0.15) is 0 Å². The molecule has 148 valence electrons. The van der Waals surface area contributed by atoms with Gasteiger partial charge in [-0.2, -0.15) is 0 Å². The lowest BCUT2D eigenvalue weighted by Crippen LogP contribution is -2.30. The van der Waals surface area contributed by atoms with E-state index < -0.39 is 0 Å². The third kappa shape index (κ3) is 4.15. The predicted octanol–water partition coefficient (Wildman–Crippen LogP) is 8.00. The van der Waals surface area contributed by atoms with Crippen molar-refractivity contribution in [1.29, 1.82) is 0 Å². The number of hydrogen-bond donors (Lipinski definition) is 0. The summed E-state index contributed by atoms with van der Waals surface area (Å²) in [6.07, 6.45) is 2.28. The van der Waals surface area contributed by atoms with Crippen LogP contribution >= 0.6 is 0 Å². The Bertz CT molecular complexity index is 735. The van der Waals surface area contributed by atoms with Crippen molar-refractivity contribution in [3.63, 3.8) is 0 Å². The van der Waals surface area contributed by atoms with E-state index in [0.717, 1.165) is 12.8 Å². The molecule has 0 heterocycles. The number of hydrogen-bond acceptors (Lipinski definition) is 0. The van der Waals surface area contributed by atoms with Crippen molar-refractivity contribution in [2.75, 3.05) is 0 Å². The van der Waals surface area contributed by atoms with Gasteiger partial charge in [0, 0.05) is 5.41 Å². The third-order valence-electron chi connectivity index (χ3n) is 6.92. The van der Waals surface area contributed by atoms with E-state index in [1.54, 1.807) is 0 Å². The molecule has 0 aromatic heterocycles. The van der Waals surface area contributed by atoms with Crippen molar-refractivity contribution in [1.82, 2.24) is 0 Å². The molecule has 0 fully saturated rings. The van der Waals surface area contributed by atoms with E-state index in [1.165, 1.54) is 33.4 Å².